The Balaban J connectivity index is 2.56. The number of aliphatic carboxylic acids is 1. The lowest BCUT2D eigenvalue weighted by molar-refractivity contribution is -0.138. The van der Waals surface area contributed by atoms with Crippen molar-refractivity contribution >= 4 is 12.1 Å². The summed E-state index contributed by atoms with van der Waals surface area (Å²) >= 11 is 0. The lowest BCUT2D eigenvalue weighted by atomic mass is 9.90. The number of carbonyl (C=O) groups is 2. The van der Waals surface area contributed by atoms with Gasteiger partial charge in [0.1, 0.15) is 6.61 Å². The normalized spacial score (nSPS) is 14.9. The molecule has 0 heterocycles. The van der Waals surface area contributed by atoms with Gasteiger partial charge in [-0.1, -0.05) is 30.3 Å². The van der Waals surface area contributed by atoms with E-state index in [1.807, 2.05) is 30.3 Å². The molecular weight excluding hydrogens is 260 g/mol. The van der Waals surface area contributed by atoms with Gasteiger partial charge in [-0.2, -0.15) is 0 Å². The molecule has 0 aliphatic heterocycles. The van der Waals surface area contributed by atoms with Gasteiger partial charge in [0, 0.05) is 6.04 Å². The van der Waals surface area contributed by atoms with Crippen molar-refractivity contribution in [1.29, 1.82) is 0 Å². The van der Waals surface area contributed by atoms with E-state index >= 15 is 0 Å². The first kappa shape index (κ1) is 16.0. The highest BCUT2D eigenvalue weighted by molar-refractivity contribution is 5.72. The summed E-state index contributed by atoms with van der Waals surface area (Å²) in [6.45, 7) is 3.34. The van der Waals surface area contributed by atoms with Crippen LogP contribution >= 0.6 is 0 Å². The molecule has 0 bridgehead atoms. The number of carboxylic acids is 1. The summed E-state index contributed by atoms with van der Waals surface area (Å²) in [4.78, 5) is 22.6. The molecule has 0 saturated carbocycles. The Bertz CT molecular complexity index is 462. The maximum atomic E-state index is 11.7. The number of nitrogens with two attached hydrogens (primary N) is 1. The number of nitrogens with one attached hydrogen (secondary N) is 1. The Morgan fingerprint density at radius 3 is 2.50 bits per heavy atom. The van der Waals surface area contributed by atoms with Gasteiger partial charge in [-0.15, -0.1) is 0 Å². The van der Waals surface area contributed by atoms with E-state index in [4.69, 9.17) is 15.6 Å². The van der Waals surface area contributed by atoms with Crippen LogP contribution in [0.2, 0.25) is 0 Å². The minimum Gasteiger partial charge on any atom is -0.481 e. The largest absolute Gasteiger partial charge is 0.481 e. The maximum Gasteiger partial charge on any atom is 0.407 e. The standard InChI is InChI=1S/C14H20N2O4/c1-10(15)14(2,8-12(17)18)16-13(19)20-9-11-6-4-3-5-7-11/h3-7,10H,8-9,15H2,1-2H3,(H,16,19)(H,17,18). The average Bonchev–Trinajstić information content (AvgIpc) is 2.36. The van der Waals surface area contributed by atoms with Gasteiger partial charge in [0.05, 0.1) is 12.0 Å². The van der Waals surface area contributed by atoms with Crippen LogP contribution in [0, 0.1) is 0 Å². The monoisotopic (exact) mass is 280 g/mol. The van der Waals surface area contributed by atoms with Crippen LogP contribution in [0.3, 0.4) is 0 Å². The fourth-order valence-corrected chi connectivity index (χ4v) is 1.63. The zero-order valence-corrected chi connectivity index (χ0v) is 11.6. The number of hydrogen-bond donors (Lipinski definition) is 3. The highest BCUT2D eigenvalue weighted by Gasteiger charge is 2.33. The van der Waals surface area contributed by atoms with Crippen LogP contribution < -0.4 is 11.1 Å². The zero-order valence-electron chi connectivity index (χ0n) is 11.6. The summed E-state index contributed by atoms with van der Waals surface area (Å²) in [5.41, 5.74) is 5.54. The first-order valence-corrected chi connectivity index (χ1v) is 6.30. The summed E-state index contributed by atoms with van der Waals surface area (Å²) in [5, 5.41) is 11.4. The van der Waals surface area contributed by atoms with Crippen molar-refractivity contribution < 1.29 is 19.4 Å². The number of amides is 1. The van der Waals surface area contributed by atoms with Crippen molar-refractivity contribution in [2.24, 2.45) is 5.73 Å². The molecule has 1 aromatic carbocycles. The number of rotatable bonds is 6. The second-order valence-corrected chi connectivity index (χ2v) is 4.96. The molecule has 0 aliphatic carbocycles. The number of carboxylic acid groups (broad SMARTS) is 1. The Morgan fingerprint density at radius 1 is 1.40 bits per heavy atom. The Kier molecular flexibility index (Phi) is 5.52. The predicted octanol–water partition coefficient (Wildman–Crippen LogP) is 1.49. The van der Waals surface area contributed by atoms with Crippen molar-refractivity contribution in [1.82, 2.24) is 5.32 Å². The van der Waals surface area contributed by atoms with Crippen molar-refractivity contribution in [3.63, 3.8) is 0 Å². The lowest BCUT2D eigenvalue weighted by Crippen LogP contribution is -2.57. The van der Waals surface area contributed by atoms with E-state index in [2.05, 4.69) is 5.32 Å². The average molecular weight is 280 g/mol. The fourth-order valence-electron chi connectivity index (χ4n) is 1.63. The van der Waals surface area contributed by atoms with Crippen molar-refractivity contribution in [2.45, 2.75) is 38.5 Å². The molecule has 0 saturated heterocycles. The van der Waals surface area contributed by atoms with Crippen molar-refractivity contribution in [3.8, 4) is 0 Å². The summed E-state index contributed by atoms with van der Waals surface area (Å²) < 4.78 is 5.06. The second kappa shape index (κ2) is 6.91. The van der Waals surface area contributed by atoms with Gasteiger partial charge in [0.15, 0.2) is 0 Å². The van der Waals surface area contributed by atoms with E-state index in [1.165, 1.54) is 0 Å². The van der Waals surface area contributed by atoms with Crippen LogP contribution in [0.1, 0.15) is 25.8 Å². The van der Waals surface area contributed by atoms with Gasteiger partial charge in [-0.05, 0) is 19.4 Å². The van der Waals surface area contributed by atoms with E-state index in [-0.39, 0.29) is 13.0 Å². The minimum atomic E-state index is -1.06. The quantitative estimate of drug-likeness (QED) is 0.732. The molecule has 6 nitrogen and oxygen atoms in total. The Labute approximate surface area is 117 Å². The first-order valence-electron chi connectivity index (χ1n) is 6.30. The van der Waals surface area contributed by atoms with Gasteiger partial charge < -0.3 is 20.9 Å². The zero-order chi connectivity index (χ0) is 15.2. The SMILES string of the molecule is CC(N)C(C)(CC(=O)O)NC(=O)OCc1ccccc1. The molecule has 1 amide bonds. The molecule has 110 valence electrons. The van der Waals surface area contributed by atoms with Crippen LogP contribution in [-0.4, -0.2) is 28.7 Å². The molecule has 4 N–H and O–H groups in total. The molecule has 6 heteroatoms. The van der Waals surface area contributed by atoms with E-state index in [0.29, 0.717) is 0 Å². The summed E-state index contributed by atoms with van der Waals surface area (Å²) in [5.74, 6) is -1.03. The van der Waals surface area contributed by atoms with Gasteiger partial charge in [-0.3, -0.25) is 4.79 Å². The van der Waals surface area contributed by atoms with E-state index in [9.17, 15) is 9.59 Å². The maximum absolute atomic E-state index is 11.7. The third-order valence-corrected chi connectivity index (χ3v) is 3.12. The number of ether oxygens (including phenoxy) is 1. The van der Waals surface area contributed by atoms with Crippen LogP contribution in [0.25, 0.3) is 0 Å². The summed E-state index contributed by atoms with van der Waals surface area (Å²) in [6.07, 6.45) is -0.958. The topological polar surface area (TPSA) is 102 Å². The molecule has 0 radical (unpaired) electrons. The number of carbonyl (C=O) groups excluding carboxylic acids is 1. The van der Waals surface area contributed by atoms with Gasteiger partial charge in [0.25, 0.3) is 0 Å². The van der Waals surface area contributed by atoms with Crippen molar-refractivity contribution in [3.05, 3.63) is 35.9 Å². The number of hydrogen-bond acceptors (Lipinski definition) is 4. The molecule has 1 aromatic rings. The number of alkyl carbamates (subject to hydrolysis) is 1. The van der Waals surface area contributed by atoms with E-state index in [1.54, 1.807) is 13.8 Å². The lowest BCUT2D eigenvalue weighted by Gasteiger charge is -2.32. The molecule has 0 aromatic heterocycles. The third kappa shape index (κ3) is 4.89. The molecule has 0 spiro atoms. The third-order valence-electron chi connectivity index (χ3n) is 3.12. The molecule has 2 unspecified atom stereocenters. The summed E-state index contributed by atoms with van der Waals surface area (Å²) in [6, 6.07) is 8.68. The molecule has 0 aliphatic rings. The van der Waals surface area contributed by atoms with Crippen LogP contribution in [0.15, 0.2) is 30.3 Å². The minimum absolute atomic E-state index is 0.120. The van der Waals surface area contributed by atoms with Crippen LogP contribution in [-0.2, 0) is 16.1 Å². The Morgan fingerprint density at radius 2 is 2.00 bits per heavy atom. The van der Waals surface area contributed by atoms with Crippen molar-refractivity contribution in [2.75, 3.05) is 0 Å². The van der Waals surface area contributed by atoms with E-state index < -0.39 is 23.6 Å². The molecular formula is C14H20N2O4. The van der Waals surface area contributed by atoms with Gasteiger partial charge >= 0.3 is 12.1 Å². The fraction of sp³-hybridized carbons (Fsp3) is 0.429. The second-order valence-electron chi connectivity index (χ2n) is 4.96. The number of benzene rings is 1. The molecule has 20 heavy (non-hydrogen) atoms. The molecule has 2 atom stereocenters. The van der Waals surface area contributed by atoms with Crippen LogP contribution in [0.4, 0.5) is 4.79 Å². The van der Waals surface area contributed by atoms with E-state index in [0.717, 1.165) is 5.56 Å². The summed E-state index contributed by atoms with van der Waals surface area (Å²) in [7, 11) is 0. The smallest absolute Gasteiger partial charge is 0.407 e. The highest BCUT2D eigenvalue weighted by Crippen LogP contribution is 2.14. The van der Waals surface area contributed by atoms with Gasteiger partial charge in [-0.25, -0.2) is 4.79 Å². The molecule has 0 fully saturated rings. The highest BCUT2D eigenvalue weighted by atomic mass is 16.5. The Hall–Kier alpha value is -2.08. The predicted molar refractivity (Wildman–Crippen MR) is 74.1 cm³/mol. The van der Waals surface area contributed by atoms with Gasteiger partial charge in [0.2, 0.25) is 0 Å². The molecule has 1 rings (SSSR count). The first-order chi connectivity index (χ1) is 9.33. The van der Waals surface area contributed by atoms with Crippen LogP contribution in [0.5, 0.6) is 0 Å².